The average molecular weight is 981 g/mol. The fourth-order valence-electron chi connectivity index (χ4n) is 9.44. The van der Waals surface area contributed by atoms with Crippen LogP contribution < -0.4 is 0 Å². The summed E-state index contributed by atoms with van der Waals surface area (Å²) in [6, 6.07) is 55.8. The molecule has 12 aromatic rings. The number of benzene rings is 7. The molecule has 1 radical (unpaired) electrons. The van der Waals surface area contributed by atoms with Gasteiger partial charge in [0.25, 0.3) is 0 Å². The predicted octanol–water partition coefficient (Wildman–Crippen LogP) is 15.0. The zero-order valence-corrected chi connectivity index (χ0v) is 37.9. The van der Waals surface area contributed by atoms with Gasteiger partial charge in [-0.15, -0.1) is 54.1 Å². The molecule has 0 atom stereocenters. The normalized spacial score (nSPS) is 11.9. The Kier molecular flexibility index (Phi) is 9.82. The van der Waals surface area contributed by atoms with Gasteiger partial charge in [-0.2, -0.15) is 0 Å². The standard InChI is InChI=1S/C31H19N2O.C25H25N2.Ir/c1-17-15-24(32-16-18(17)2)21-9-6-11-23-29-27(34-31(21)23)14-13-26-28(29)22-10-5-8-20-19-7-3-4-12-25(19)33(26)30(20)22;1-17(2)20-13-10-14-21(18(3)4)24(20)27-23-16-9-8-15-22(23)26-25(27)19-11-6-5-7-12-19;/h3-8,10-16H,1-2H3;5-11,13-18H,1-4H3;/q2*-1;. The fraction of sp³-hybridized carbons (Fsp3) is 0.143. The number of imidazole rings is 1. The summed E-state index contributed by atoms with van der Waals surface area (Å²) in [5.74, 6) is 1.80. The van der Waals surface area contributed by atoms with Gasteiger partial charge in [-0.25, -0.2) is 0 Å². The molecule has 62 heavy (non-hydrogen) atoms. The molecule has 0 aliphatic heterocycles. The molecule has 12 rings (SSSR count). The molecule has 7 aromatic carbocycles. The summed E-state index contributed by atoms with van der Waals surface area (Å²) in [6.45, 7) is 13.2. The van der Waals surface area contributed by atoms with Gasteiger partial charge < -0.3 is 18.4 Å². The third-order valence-electron chi connectivity index (χ3n) is 12.5. The smallest absolute Gasteiger partial charge is 0.121 e. The van der Waals surface area contributed by atoms with Gasteiger partial charge >= 0.3 is 0 Å². The number of nitrogens with zero attached hydrogens (tertiary/aromatic N) is 4. The molecule has 5 heterocycles. The van der Waals surface area contributed by atoms with Gasteiger partial charge in [0.05, 0.1) is 39.0 Å². The molecular weight excluding hydrogens is 937 g/mol. The molecule has 0 aliphatic rings. The van der Waals surface area contributed by atoms with Crippen LogP contribution in [-0.4, -0.2) is 18.9 Å². The SMILES string of the molecule is CC(C)c1cccc(C(C)C)c1-n1c(-c2[c-]cccc2)nc2ccccc21.Cc1cnc(-c2[c-]ccc3c2oc2ccc4c(c5cccc6c7ccccc7n4c65)c23)cc1C.[Ir]. The number of rotatable bonds is 5. The Balaban J connectivity index is 0.000000150. The van der Waals surface area contributed by atoms with Crippen molar-refractivity contribution in [3.05, 3.63) is 180 Å². The summed E-state index contributed by atoms with van der Waals surface area (Å²) in [5.41, 5.74) is 16.8. The molecule has 305 valence electrons. The number of fused-ring (bicyclic) bond motifs is 11. The number of aryl methyl sites for hydroxylation is 2. The van der Waals surface area contributed by atoms with Crippen molar-refractivity contribution < 1.29 is 24.5 Å². The van der Waals surface area contributed by atoms with Crippen molar-refractivity contribution in [1.29, 1.82) is 0 Å². The van der Waals surface area contributed by atoms with E-state index in [0.29, 0.717) is 11.8 Å². The van der Waals surface area contributed by atoms with Gasteiger partial charge in [0.15, 0.2) is 0 Å². The van der Waals surface area contributed by atoms with Gasteiger partial charge in [-0.05, 0) is 78.4 Å². The van der Waals surface area contributed by atoms with Crippen LogP contribution in [0.25, 0.3) is 99.4 Å². The van der Waals surface area contributed by atoms with Crippen LogP contribution in [-0.2, 0) is 20.1 Å². The molecule has 0 N–H and O–H groups in total. The van der Waals surface area contributed by atoms with E-state index in [1.165, 1.54) is 66.0 Å². The van der Waals surface area contributed by atoms with Gasteiger partial charge in [0, 0.05) is 58.9 Å². The molecule has 0 spiro atoms. The van der Waals surface area contributed by atoms with Gasteiger partial charge in [0.2, 0.25) is 0 Å². The molecule has 5 nitrogen and oxygen atoms in total. The minimum atomic E-state index is 0. The number of hydrogen-bond donors (Lipinski definition) is 0. The Bertz CT molecular complexity index is 3600. The van der Waals surface area contributed by atoms with Crippen molar-refractivity contribution in [2.45, 2.75) is 53.4 Å². The average Bonchev–Trinajstić information content (AvgIpc) is 4.04. The van der Waals surface area contributed by atoms with E-state index < -0.39 is 0 Å². The van der Waals surface area contributed by atoms with E-state index in [9.17, 15) is 0 Å². The first-order valence-electron chi connectivity index (χ1n) is 21.2. The second kappa shape index (κ2) is 15.4. The van der Waals surface area contributed by atoms with Gasteiger partial charge in [0.1, 0.15) is 5.58 Å². The number of aromatic nitrogens is 4. The Labute approximate surface area is 374 Å². The van der Waals surface area contributed by atoms with Crippen molar-refractivity contribution in [1.82, 2.24) is 18.9 Å². The van der Waals surface area contributed by atoms with Crippen LogP contribution >= 0.6 is 0 Å². The van der Waals surface area contributed by atoms with E-state index in [4.69, 9.17) is 14.4 Å². The molecule has 0 amide bonds. The van der Waals surface area contributed by atoms with Crippen molar-refractivity contribution in [3.63, 3.8) is 0 Å². The van der Waals surface area contributed by atoms with Crippen LogP contribution in [0.5, 0.6) is 0 Å². The Morgan fingerprint density at radius 1 is 0.597 bits per heavy atom. The number of pyridine rings is 1. The second-order valence-electron chi connectivity index (χ2n) is 16.9. The van der Waals surface area contributed by atoms with Crippen molar-refractivity contribution in [3.8, 4) is 28.3 Å². The summed E-state index contributed by atoms with van der Waals surface area (Å²) in [6.07, 6.45) is 1.93. The van der Waals surface area contributed by atoms with E-state index in [2.05, 4.69) is 178 Å². The summed E-state index contributed by atoms with van der Waals surface area (Å²) < 4.78 is 11.3. The van der Waals surface area contributed by atoms with Gasteiger partial charge in [-0.1, -0.05) is 117 Å². The first kappa shape index (κ1) is 39.5. The van der Waals surface area contributed by atoms with Crippen LogP contribution in [0.15, 0.2) is 150 Å². The van der Waals surface area contributed by atoms with Crippen molar-refractivity contribution in [2.24, 2.45) is 0 Å². The van der Waals surface area contributed by atoms with Crippen LogP contribution in [0.2, 0.25) is 0 Å². The Morgan fingerprint density at radius 3 is 2.06 bits per heavy atom. The van der Waals surface area contributed by atoms with Crippen LogP contribution in [0, 0.1) is 26.0 Å². The van der Waals surface area contributed by atoms with E-state index >= 15 is 0 Å². The maximum atomic E-state index is 6.51. The zero-order chi connectivity index (χ0) is 41.5. The Morgan fingerprint density at radius 2 is 1.31 bits per heavy atom. The fourth-order valence-corrected chi connectivity index (χ4v) is 9.44. The maximum Gasteiger partial charge on any atom is 0.121 e. The van der Waals surface area contributed by atoms with Crippen molar-refractivity contribution >= 4 is 71.1 Å². The minimum absolute atomic E-state index is 0. The summed E-state index contributed by atoms with van der Waals surface area (Å²) in [7, 11) is 0. The summed E-state index contributed by atoms with van der Waals surface area (Å²) in [4.78, 5) is 9.69. The van der Waals surface area contributed by atoms with Gasteiger partial charge in [-0.3, -0.25) is 4.98 Å². The van der Waals surface area contributed by atoms with E-state index in [-0.39, 0.29) is 20.1 Å². The monoisotopic (exact) mass is 981 g/mol. The van der Waals surface area contributed by atoms with Crippen LogP contribution in [0.4, 0.5) is 0 Å². The predicted molar refractivity (Wildman–Crippen MR) is 253 cm³/mol. The Hall–Kier alpha value is -6.59. The molecule has 0 bridgehead atoms. The number of hydrogen-bond acceptors (Lipinski definition) is 3. The first-order chi connectivity index (χ1) is 29.8. The molecule has 0 unspecified atom stereocenters. The van der Waals surface area contributed by atoms with Crippen molar-refractivity contribution in [2.75, 3.05) is 0 Å². The molecule has 5 aromatic heterocycles. The van der Waals surface area contributed by atoms with E-state index in [1.54, 1.807) is 0 Å². The molecule has 0 saturated heterocycles. The first-order valence-corrected chi connectivity index (χ1v) is 21.2. The van der Waals surface area contributed by atoms with Crippen LogP contribution in [0.3, 0.4) is 0 Å². The molecule has 0 saturated carbocycles. The summed E-state index contributed by atoms with van der Waals surface area (Å²) >= 11 is 0. The molecular formula is C56H44IrN4O-2. The topological polar surface area (TPSA) is 48.3 Å². The minimum Gasteiger partial charge on any atom is -0.501 e. The molecule has 6 heteroatoms. The molecule has 0 aliphatic carbocycles. The summed E-state index contributed by atoms with van der Waals surface area (Å²) in [5, 5.41) is 7.35. The third kappa shape index (κ3) is 6.07. The number of furan rings is 1. The van der Waals surface area contributed by atoms with E-state index in [0.717, 1.165) is 55.6 Å². The second-order valence-corrected chi connectivity index (χ2v) is 16.9. The number of para-hydroxylation sites is 5. The maximum absolute atomic E-state index is 6.51. The molecule has 0 fully saturated rings. The van der Waals surface area contributed by atoms with Crippen LogP contribution in [0.1, 0.15) is 61.8 Å². The third-order valence-corrected chi connectivity index (χ3v) is 12.5. The zero-order valence-electron chi connectivity index (χ0n) is 35.5. The van der Waals surface area contributed by atoms with E-state index in [1.807, 2.05) is 30.5 Å². The largest absolute Gasteiger partial charge is 0.501 e. The quantitative estimate of drug-likeness (QED) is 0.161.